The van der Waals surface area contributed by atoms with Crippen molar-refractivity contribution in [1.29, 1.82) is 0 Å². The third-order valence-corrected chi connectivity index (χ3v) is 9.20. The third-order valence-electron chi connectivity index (χ3n) is 9.20. The molecule has 7 heteroatoms. The van der Waals surface area contributed by atoms with E-state index in [0.717, 1.165) is 59.2 Å². The van der Waals surface area contributed by atoms with Gasteiger partial charge in [0.15, 0.2) is 0 Å². The Kier molecular flexibility index (Phi) is 7.49. The molecule has 2 aliphatic rings. The molecule has 1 spiro atoms. The standard InChI is InChI=1S/C36H38N4O3/c1-39-34-29(13-8-14-31(34)40-24-36(25-40)19-17-26(21-41)18-20-36)33(38-39)30-15-16-32(42-22-27-9-4-2-5-10-27)37-35(30)43-23-28-11-6-3-7-12-28/h2-16,26,41H,17-25H2,1H3. The Hall–Kier alpha value is -4.36. The number of aliphatic hydroxyl groups is 1. The van der Waals surface area contributed by atoms with Crippen LogP contribution in [-0.2, 0) is 20.3 Å². The lowest BCUT2D eigenvalue weighted by Gasteiger charge is -2.54. The zero-order valence-corrected chi connectivity index (χ0v) is 24.7. The number of benzene rings is 3. The molecule has 3 heterocycles. The monoisotopic (exact) mass is 574 g/mol. The van der Waals surface area contributed by atoms with E-state index < -0.39 is 0 Å². The molecule has 0 amide bonds. The number of rotatable bonds is 9. The Morgan fingerprint density at radius 1 is 0.814 bits per heavy atom. The first-order valence-electron chi connectivity index (χ1n) is 15.3. The molecule has 0 bridgehead atoms. The van der Waals surface area contributed by atoms with E-state index in [-0.39, 0.29) is 0 Å². The number of anilines is 1. The minimum atomic E-state index is 0.322. The van der Waals surface area contributed by atoms with Crippen LogP contribution in [0, 0.1) is 11.3 Å². The topological polar surface area (TPSA) is 72.6 Å². The van der Waals surface area contributed by atoms with Gasteiger partial charge in [-0.25, -0.2) is 0 Å². The Morgan fingerprint density at radius 3 is 2.16 bits per heavy atom. The molecule has 7 rings (SSSR count). The molecule has 0 unspecified atom stereocenters. The summed E-state index contributed by atoms with van der Waals surface area (Å²) in [4.78, 5) is 7.33. The lowest BCUT2D eigenvalue weighted by molar-refractivity contribution is 0.0824. The third kappa shape index (κ3) is 5.57. The molecule has 3 aromatic carbocycles. The van der Waals surface area contributed by atoms with Crippen LogP contribution in [0.25, 0.3) is 22.2 Å². The van der Waals surface area contributed by atoms with Gasteiger partial charge in [-0.3, -0.25) is 4.68 Å². The normalized spacial score (nSPS) is 16.4. The maximum Gasteiger partial charge on any atom is 0.226 e. The van der Waals surface area contributed by atoms with Gasteiger partial charge in [0.05, 0.1) is 16.8 Å². The maximum atomic E-state index is 9.59. The summed E-state index contributed by atoms with van der Waals surface area (Å²) in [6.07, 6.45) is 4.67. The number of para-hydroxylation sites is 1. The van der Waals surface area contributed by atoms with Gasteiger partial charge in [0.1, 0.15) is 18.9 Å². The van der Waals surface area contributed by atoms with E-state index in [2.05, 4.69) is 23.1 Å². The number of nitrogens with zero attached hydrogens (tertiary/aromatic N) is 4. The van der Waals surface area contributed by atoms with E-state index in [1.54, 1.807) is 0 Å². The highest BCUT2D eigenvalue weighted by Gasteiger charge is 2.45. The minimum Gasteiger partial charge on any atom is -0.473 e. The van der Waals surface area contributed by atoms with Crippen molar-refractivity contribution in [3.05, 3.63) is 102 Å². The van der Waals surface area contributed by atoms with E-state index in [1.165, 1.54) is 18.5 Å². The lowest BCUT2D eigenvalue weighted by Crippen LogP contribution is -2.58. The molecule has 1 aliphatic carbocycles. The van der Waals surface area contributed by atoms with Gasteiger partial charge in [0.25, 0.3) is 0 Å². The second kappa shape index (κ2) is 11.7. The molecule has 43 heavy (non-hydrogen) atoms. The summed E-state index contributed by atoms with van der Waals surface area (Å²) in [7, 11) is 2.02. The number of aromatic nitrogens is 3. The average Bonchev–Trinajstić information content (AvgIpc) is 3.39. The number of aryl methyl sites for hydroxylation is 1. The average molecular weight is 575 g/mol. The van der Waals surface area contributed by atoms with Crippen LogP contribution in [0.15, 0.2) is 91.0 Å². The van der Waals surface area contributed by atoms with Crippen LogP contribution in [0.5, 0.6) is 11.8 Å². The quantitative estimate of drug-likeness (QED) is 0.209. The van der Waals surface area contributed by atoms with E-state index >= 15 is 0 Å². The van der Waals surface area contributed by atoms with Crippen molar-refractivity contribution >= 4 is 16.6 Å². The first-order valence-corrected chi connectivity index (χ1v) is 15.3. The Morgan fingerprint density at radius 2 is 1.49 bits per heavy atom. The van der Waals surface area contributed by atoms with Crippen LogP contribution >= 0.6 is 0 Å². The number of fused-ring (bicyclic) bond motifs is 1. The van der Waals surface area contributed by atoms with Crippen molar-refractivity contribution in [3.8, 4) is 23.0 Å². The van der Waals surface area contributed by atoms with Crippen LogP contribution in [0.4, 0.5) is 5.69 Å². The summed E-state index contributed by atoms with van der Waals surface area (Å²) in [6.45, 7) is 3.27. The first-order chi connectivity index (χ1) is 21.1. The molecule has 0 atom stereocenters. The van der Waals surface area contributed by atoms with E-state index in [1.807, 2.05) is 84.5 Å². The van der Waals surface area contributed by atoms with Crippen LogP contribution < -0.4 is 14.4 Å². The SMILES string of the molecule is Cn1nc(-c2ccc(OCc3ccccc3)nc2OCc2ccccc2)c2cccc(N3CC4(CCC(CO)CC4)C3)c21. The lowest BCUT2D eigenvalue weighted by atomic mass is 9.66. The highest BCUT2D eigenvalue weighted by atomic mass is 16.5. The van der Waals surface area contributed by atoms with Gasteiger partial charge >= 0.3 is 0 Å². The summed E-state index contributed by atoms with van der Waals surface area (Å²) in [5.74, 6) is 1.49. The van der Waals surface area contributed by atoms with E-state index in [0.29, 0.717) is 42.9 Å². The molecule has 7 nitrogen and oxygen atoms in total. The minimum absolute atomic E-state index is 0.322. The molecule has 2 aromatic heterocycles. The summed E-state index contributed by atoms with van der Waals surface area (Å²) in [6, 6.07) is 30.6. The predicted molar refractivity (Wildman–Crippen MR) is 169 cm³/mol. The molecule has 2 fully saturated rings. The molecule has 1 saturated heterocycles. The van der Waals surface area contributed by atoms with Gasteiger partial charge in [0.2, 0.25) is 11.8 Å². The zero-order valence-electron chi connectivity index (χ0n) is 24.7. The van der Waals surface area contributed by atoms with Gasteiger partial charge in [-0.1, -0.05) is 72.8 Å². The summed E-state index contributed by atoms with van der Waals surface area (Å²) in [5, 5.41) is 15.7. The second-order valence-electron chi connectivity index (χ2n) is 12.2. The molecule has 0 radical (unpaired) electrons. The highest BCUT2D eigenvalue weighted by molar-refractivity contribution is 6.01. The Balaban J connectivity index is 1.19. The van der Waals surface area contributed by atoms with Gasteiger partial charge in [0, 0.05) is 43.6 Å². The second-order valence-corrected chi connectivity index (χ2v) is 12.2. The van der Waals surface area contributed by atoms with E-state index in [9.17, 15) is 5.11 Å². The Bertz CT molecular complexity index is 1690. The highest BCUT2D eigenvalue weighted by Crippen LogP contribution is 2.48. The predicted octanol–water partition coefficient (Wildman–Crippen LogP) is 6.78. The number of pyridine rings is 1. The van der Waals surface area contributed by atoms with Crippen molar-refractivity contribution in [1.82, 2.24) is 14.8 Å². The molecule has 1 N–H and O–H groups in total. The molecule has 1 saturated carbocycles. The maximum absolute atomic E-state index is 9.59. The molecule has 1 aliphatic heterocycles. The number of hydrogen-bond donors (Lipinski definition) is 1. The van der Waals surface area contributed by atoms with Crippen molar-refractivity contribution in [2.24, 2.45) is 18.4 Å². The van der Waals surface area contributed by atoms with Gasteiger partial charge in [-0.15, -0.1) is 0 Å². The summed E-state index contributed by atoms with van der Waals surface area (Å²) < 4.78 is 14.4. The van der Waals surface area contributed by atoms with Crippen molar-refractivity contribution in [3.63, 3.8) is 0 Å². The van der Waals surface area contributed by atoms with Gasteiger partial charge in [-0.2, -0.15) is 10.1 Å². The first kappa shape index (κ1) is 27.5. The van der Waals surface area contributed by atoms with Crippen molar-refractivity contribution < 1.29 is 14.6 Å². The summed E-state index contributed by atoms with van der Waals surface area (Å²) in [5.41, 5.74) is 6.56. The molecular weight excluding hydrogens is 536 g/mol. The molecule has 220 valence electrons. The van der Waals surface area contributed by atoms with Gasteiger partial charge < -0.3 is 19.5 Å². The van der Waals surface area contributed by atoms with Crippen LogP contribution in [0.3, 0.4) is 0 Å². The van der Waals surface area contributed by atoms with Crippen molar-refractivity contribution in [2.45, 2.75) is 38.9 Å². The zero-order chi connectivity index (χ0) is 29.2. The van der Waals surface area contributed by atoms with Gasteiger partial charge in [-0.05, 0) is 54.9 Å². The van der Waals surface area contributed by atoms with E-state index in [4.69, 9.17) is 19.6 Å². The fourth-order valence-corrected chi connectivity index (χ4v) is 6.74. The number of hydrogen-bond acceptors (Lipinski definition) is 6. The van der Waals surface area contributed by atoms with Crippen LogP contribution in [0.2, 0.25) is 0 Å². The molecule has 5 aromatic rings. The smallest absolute Gasteiger partial charge is 0.226 e. The van der Waals surface area contributed by atoms with Crippen LogP contribution in [0.1, 0.15) is 36.8 Å². The molecular formula is C36H38N4O3. The Labute approximate surface area is 252 Å². The fraction of sp³-hybridized carbons (Fsp3) is 0.333. The number of ether oxygens (including phenoxy) is 2. The number of aliphatic hydroxyl groups excluding tert-OH is 1. The van der Waals surface area contributed by atoms with Crippen molar-refractivity contribution in [2.75, 3.05) is 24.6 Å². The largest absolute Gasteiger partial charge is 0.473 e. The fourth-order valence-electron chi connectivity index (χ4n) is 6.74. The summed E-state index contributed by atoms with van der Waals surface area (Å²) >= 11 is 0. The van der Waals surface area contributed by atoms with Crippen LogP contribution in [-0.4, -0.2) is 39.6 Å².